The first-order valence-electron chi connectivity index (χ1n) is 9.73. The number of quaternary nitrogens is 1. The molecular formula is C23H27N2O3+. The Morgan fingerprint density at radius 1 is 1.11 bits per heavy atom. The molecule has 1 aromatic heterocycles. The van der Waals surface area contributed by atoms with Gasteiger partial charge in [0.05, 0.1) is 26.3 Å². The van der Waals surface area contributed by atoms with Crippen LogP contribution in [0, 0.1) is 6.92 Å². The van der Waals surface area contributed by atoms with Gasteiger partial charge >= 0.3 is 0 Å². The zero-order chi connectivity index (χ0) is 19.8. The summed E-state index contributed by atoms with van der Waals surface area (Å²) in [5, 5.41) is 1.01. The van der Waals surface area contributed by atoms with Gasteiger partial charge in [0.15, 0.2) is 11.5 Å². The molecule has 5 nitrogen and oxygen atoms in total. The Hall–Kier alpha value is -2.79. The van der Waals surface area contributed by atoms with Crippen molar-refractivity contribution in [1.82, 2.24) is 4.98 Å². The number of carbonyl (C=O) groups excluding carboxylic acids is 1. The maximum Gasteiger partial charge on any atom is 0.222 e. The summed E-state index contributed by atoms with van der Waals surface area (Å²) in [7, 11) is 3.32. The highest BCUT2D eigenvalue weighted by molar-refractivity contribution is 6.10. The Morgan fingerprint density at radius 2 is 1.79 bits per heavy atom. The van der Waals surface area contributed by atoms with E-state index in [1.165, 1.54) is 16.0 Å². The van der Waals surface area contributed by atoms with Gasteiger partial charge in [-0.05, 0) is 37.6 Å². The van der Waals surface area contributed by atoms with Crippen LogP contribution in [-0.2, 0) is 13.0 Å². The molecule has 1 aliphatic heterocycles. The zero-order valence-electron chi connectivity index (χ0n) is 16.9. The molecule has 2 aromatic carbocycles. The number of ether oxygens (including phenoxy) is 2. The minimum Gasteiger partial charge on any atom is -0.493 e. The van der Waals surface area contributed by atoms with Gasteiger partial charge in [0.25, 0.3) is 0 Å². The summed E-state index contributed by atoms with van der Waals surface area (Å²) in [5.41, 5.74) is 5.31. The number of fused-ring (bicyclic) bond motifs is 2. The van der Waals surface area contributed by atoms with Crippen molar-refractivity contribution >= 4 is 16.7 Å². The fourth-order valence-electron chi connectivity index (χ4n) is 4.35. The van der Waals surface area contributed by atoms with Crippen LogP contribution in [0.5, 0.6) is 11.5 Å². The van der Waals surface area contributed by atoms with Crippen molar-refractivity contribution in [3.05, 3.63) is 58.8 Å². The average molecular weight is 379 g/mol. The van der Waals surface area contributed by atoms with Crippen LogP contribution in [-0.4, -0.2) is 37.6 Å². The molecule has 0 saturated heterocycles. The van der Waals surface area contributed by atoms with E-state index in [1.807, 2.05) is 38.1 Å². The Labute approximate surface area is 165 Å². The van der Waals surface area contributed by atoms with Gasteiger partial charge in [-0.2, -0.15) is 0 Å². The molecule has 0 aliphatic carbocycles. The molecule has 146 valence electrons. The second-order valence-electron chi connectivity index (χ2n) is 7.57. The standard InChI is InChI=1S/C23H26N2O3/c1-14-22(18-7-5-6-8-19(18)24-14)23(26)15(2)25-10-9-16-11-20(27-3)21(28-4)12-17(16)13-25/h5-8,11-12,15,24H,9-10,13H2,1-4H3/p+1/t15-/m1/s1. The Balaban J connectivity index is 1.62. The quantitative estimate of drug-likeness (QED) is 0.670. The maximum absolute atomic E-state index is 13.4. The highest BCUT2D eigenvalue weighted by Crippen LogP contribution is 2.31. The van der Waals surface area contributed by atoms with Crippen LogP contribution >= 0.6 is 0 Å². The smallest absolute Gasteiger partial charge is 0.222 e. The lowest BCUT2D eigenvalue weighted by atomic mass is 9.95. The summed E-state index contributed by atoms with van der Waals surface area (Å²) in [5.74, 6) is 1.71. The molecule has 4 rings (SSSR count). The largest absolute Gasteiger partial charge is 0.493 e. The highest BCUT2D eigenvalue weighted by Gasteiger charge is 2.32. The van der Waals surface area contributed by atoms with Crippen LogP contribution in [0.4, 0.5) is 0 Å². The van der Waals surface area contributed by atoms with E-state index in [1.54, 1.807) is 14.2 Å². The number of methoxy groups -OCH3 is 2. The minimum atomic E-state index is -0.112. The number of hydrogen-bond donors (Lipinski definition) is 2. The fourth-order valence-corrected chi connectivity index (χ4v) is 4.35. The fraction of sp³-hybridized carbons (Fsp3) is 0.348. The van der Waals surface area contributed by atoms with Gasteiger partial charge < -0.3 is 19.4 Å². The third kappa shape index (κ3) is 3.06. The molecule has 2 heterocycles. The zero-order valence-corrected chi connectivity index (χ0v) is 16.9. The van der Waals surface area contributed by atoms with Crippen LogP contribution in [0.2, 0.25) is 0 Å². The second kappa shape index (κ2) is 7.32. The second-order valence-corrected chi connectivity index (χ2v) is 7.57. The van der Waals surface area contributed by atoms with Crippen molar-refractivity contribution < 1.29 is 19.2 Å². The summed E-state index contributed by atoms with van der Waals surface area (Å²) >= 11 is 0. The third-order valence-electron chi connectivity index (χ3n) is 5.98. The number of hydrogen-bond acceptors (Lipinski definition) is 3. The molecule has 2 atom stereocenters. The molecule has 1 aliphatic rings. The lowest BCUT2D eigenvalue weighted by Gasteiger charge is -2.30. The first kappa shape index (κ1) is 18.6. The summed E-state index contributed by atoms with van der Waals surface area (Å²) < 4.78 is 10.9. The van der Waals surface area contributed by atoms with E-state index in [9.17, 15) is 4.79 Å². The monoisotopic (exact) mass is 379 g/mol. The number of carbonyl (C=O) groups is 1. The SMILES string of the molecule is COc1cc2c(cc1OC)C[NH+]([C@H](C)C(=O)c1c(C)[nH]c3ccccc13)CC2. The van der Waals surface area contributed by atoms with E-state index < -0.39 is 0 Å². The number of para-hydroxylation sites is 1. The van der Waals surface area contributed by atoms with E-state index in [2.05, 4.69) is 17.1 Å². The van der Waals surface area contributed by atoms with Crippen LogP contribution in [0.3, 0.4) is 0 Å². The third-order valence-corrected chi connectivity index (χ3v) is 5.98. The number of H-pyrrole nitrogens is 1. The van der Waals surface area contributed by atoms with Gasteiger partial charge in [0.1, 0.15) is 12.6 Å². The number of Topliss-reactive ketones (excluding diaryl/α,β-unsaturated/α-hetero) is 1. The van der Waals surface area contributed by atoms with E-state index in [0.717, 1.165) is 53.2 Å². The first-order chi connectivity index (χ1) is 13.5. The molecule has 2 N–H and O–H groups in total. The molecule has 0 bridgehead atoms. The number of aromatic amines is 1. The van der Waals surface area contributed by atoms with Gasteiger partial charge in [-0.15, -0.1) is 0 Å². The molecule has 1 unspecified atom stereocenters. The predicted octanol–water partition coefficient (Wildman–Crippen LogP) is 2.71. The van der Waals surface area contributed by atoms with Crippen molar-refractivity contribution in [1.29, 1.82) is 0 Å². The normalized spacial score (nSPS) is 17.2. The van der Waals surface area contributed by atoms with Crippen LogP contribution in [0.1, 0.15) is 34.1 Å². The number of benzene rings is 2. The molecule has 5 heteroatoms. The van der Waals surface area contributed by atoms with Gasteiger partial charge in [-0.25, -0.2) is 0 Å². The molecular weight excluding hydrogens is 352 g/mol. The molecule has 3 aromatic rings. The lowest BCUT2D eigenvalue weighted by molar-refractivity contribution is -0.929. The maximum atomic E-state index is 13.4. The Bertz CT molecular complexity index is 1040. The number of nitrogens with one attached hydrogen (secondary N) is 2. The molecule has 0 radical (unpaired) electrons. The van der Waals surface area contributed by atoms with Gasteiger partial charge in [0.2, 0.25) is 5.78 Å². The summed E-state index contributed by atoms with van der Waals surface area (Å²) in [6, 6.07) is 12.0. The lowest BCUT2D eigenvalue weighted by Crippen LogP contribution is -3.16. The topological polar surface area (TPSA) is 55.8 Å². The predicted molar refractivity (Wildman–Crippen MR) is 110 cm³/mol. The molecule has 0 fully saturated rings. The first-order valence-corrected chi connectivity index (χ1v) is 9.73. The summed E-state index contributed by atoms with van der Waals surface area (Å²) in [4.78, 5) is 18.0. The van der Waals surface area contributed by atoms with Gasteiger partial charge in [-0.3, -0.25) is 4.79 Å². The Morgan fingerprint density at radius 3 is 2.50 bits per heavy atom. The van der Waals surface area contributed by atoms with Crippen molar-refractivity contribution in [2.45, 2.75) is 32.9 Å². The van der Waals surface area contributed by atoms with E-state index >= 15 is 0 Å². The van der Waals surface area contributed by atoms with Crippen LogP contribution < -0.4 is 14.4 Å². The van der Waals surface area contributed by atoms with E-state index in [4.69, 9.17) is 9.47 Å². The number of aryl methyl sites for hydroxylation is 1. The number of aromatic nitrogens is 1. The highest BCUT2D eigenvalue weighted by atomic mass is 16.5. The number of rotatable bonds is 5. The molecule has 0 amide bonds. The van der Waals surface area contributed by atoms with Crippen molar-refractivity contribution in [2.75, 3.05) is 20.8 Å². The van der Waals surface area contributed by atoms with Crippen molar-refractivity contribution in [2.24, 2.45) is 0 Å². The molecule has 0 spiro atoms. The van der Waals surface area contributed by atoms with Crippen LogP contribution in [0.25, 0.3) is 10.9 Å². The summed E-state index contributed by atoms with van der Waals surface area (Å²) in [6.45, 7) is 5.77. The minimum absolute atomic E-state index is 0.112. The van der Waals surface area contributed by atoms with Crippen LogP contribution in [0.15, 0.2) is 36.4 Å². The van der Waals surface area contributed by atoms with Gasteiger partial charge in [-0.1, -0.05) is 18.2 Å². The molecule has 0 saturated carbocycles. The summed E-state index contributed by atoms with van der Waals surface area (Å²) in [6.07, 6.45) is 0.926. The van der Waals surface area contributed by atoms with E-state index in [-0.39, 0.29) is 11.8 Å². The van der Waals surface area contributed by atoms with Crippen molar-refractivity contribution in [3.8, 4) is 11.5 Å². The van der Waals surface area contributed by atoms with Gasteiger partial charge in [0, 0.05) is 28.6 Å². The Kier molecular flexibility index (Phi) is 4.85. The number of ketones is 1. The van der Waals surface area contributed by atoms with Crippen molar-refractivity contribution in [3.63, 3.8) is 0 Å². The average Bonchev–Trinajstić information content (AvgIpc) is 3.06. The molecule has 28 heavy (non-hydrogen) atoms. The van der Waals surface area contributed by atoms with E-state index in [0.29, 0.717) is 0 Å².